The fraction of sp³-hybridized carbons (Fsp3) is 0. The summed E-state index contributed by atoms with van der Waals surface area (Å²) < 4.78 is 36.5. The van der Waals surface area contributed by atoms with E-state index in [9.17, 15) is 13.6 Å². The molecule has 126 valence electrons. The van der Waals surface area contributed by atoms with Crippen LogP contribution in [0.15, 0.2) is 60.9 Å². The van der Waals surface area contributed by atoms with Gasteiger partial charge in [-0.2, -0.15) is 0 Å². The number of carbonyl (C=O) groups is 1. The quantitative estimate of drug-likeness (QED) is 0.770. The Kier molecular flexibility index (Phi) is 4.79. The van der Waals surface area contributed by atoms with Gasteiger partial charge in [-0.25, -0.2) is 23.5 Å². The van der Waals surface area contributed by atoms with Crippen LogP contribution in [-0.4, -0.2) is 16.1 Å². The summed E-state index contributed by atoms with van der Waals surface area (Å²) >= 11 is 0. The highest BCUT2D eigenvalue weighted by atomic mass is 19.1. The number of hydrogen-bond acceptors (Lipinski definition) is 5. The van der Waals surface area contributed by atoms with E-state index in [0.29, 0.717) is 11.8 Å². The fourth-order valence-corrected chi connectivity index (χ4v) is 1.83. The maximum Gasteiger partial charge on any atom is 0.418 e. The molecule has 0 saturated heterocycles. The number of halogens is 2. The van der Waals surface area contributed by atoms with Crippen LogP contribution in [-0.2, 0) is 0 Å². The summed E-state index contributed by atoms with van der Waals surface area (Å²) in [6, 6.07) is 11.4. The Labute approximate surface area is 141 Å². The minimum absolute atomic E-state index is 0.0208. The van der Waals surface area contributed by atoms with Crippen molar-refractivity contribution in [3.8, 4) is 17.4 Å². The first-order valence-electron chi connectivity index (χ1n) is 7.09. The number of para-hydroxylation sites is 1. The van der Waals surface area contributed by atoms with Gasteiger partial charge in [0.25, 0.3) is 0 Å². The van der Waals surface area contributed by atoms with Gasteiger partial charge in [0.05, 0.1) is 12.4 Å². The van der Waals surface area contributed by atoms with Gasteiger partial charge in [0.1, 0.15) is 11.6 Å². The highest BCUT2D eigenvalue weighted by Crippen LogP contribution is 2.23. The molecule has 0 atom stereocenters. The third-order valence-corrected chi connectivity index (χ3v) is 2.92. The molecular weight excluding hydrogens is 332 g/mol. The molecule has 0 saturated carbocycles. The van der Waals surface area contributed by atoms with Gasteiger partial charge in [-0.15, -0.1) is 0 Å². The van der Waals surface area contributed by atoms with Crippen LogP contribution in [0.25, 0.3) is 0 Å². The molecule has 0 spiro atoms. The molecule has 1 amide bonds. The molecule has 3 rings (SSSR count). The van der Waals surface area contributed by atoms with Crippen LogP contribution in [0.4, 0.5) is 19.4 Å². The predicted molar refractivity (Wildman–Crippen MR) is 84.6 cm³/mol. The Morgan fingerprint density at radius 3 is 2.48 bits per heavy atom. The zero-order valence-electron chi connectivity index (χ0n) is 12.6. The fourth-order valence-electron chi connectivity index (χ4n) is 1.83. The van der Waals surface area contributed by atoms with Crippen LogP contribution in [0, 0.1) is 11.6 Å². The second kappa shape index (κ2) is 7.35. The van der Waals surface area contributed by atoms with Gasteiger partial charge in [0, 0.05) is 6.07 Å². The average molecular weight is 343 g/mol. The maximum atomic E-state index is 13.5. The lowest BCUT2D eigenvalue weighted by atomic mass is 10.3. The van der Waals surface area contributed by atoms with E-state index >= 15 is 0 Å². The Hall–Kier alpha value is -3.55. The van der Waals surface area contributed by atoms with Crippen molar-refractivity contribution in [2.45, 2.75) is 0 Å². The van der Waals surface area contributed by atoms with Crippen molar-refractivity contribution in [1.82, 2.24) is 9.97 Å². The second-order valence-corrected chi connectivity index (χ2v) is 4.74. The Morgan fingerprint density at radius 2 is 1.80 bits per heavy atom. The summed E-state index contributed by atoms with van der Waals surface area (Å²) in [7, 11) is 0. The van der Waals surface area contributed by atoms with Crippen LogP contribution < -0.4 is 14.8 Å². The smallest absolute Gasteiger partial charge is 0.418 e. The zero-order chi connectivity index (χ0) is 17.6. The normalized spacial score (nSPS) is 10.2. The highest BCUT2D eigenvalue weighted by molar-refractivity contribution is 5.84. The van der Waals surface area contributed by atoms with Crippen molar-refractivity contribution in [3.05, 3.63) is 72.6 Å². The summed E-state index contributed by atoms with van der Waals surface area (Å²) in [5.74, 6) is -1.30. The minimum atomic E-state index is -0.865. The van der Waals surface area contributed by atoms with Gasteiger partial charge < -0.3 is 9.47 Å². The van der Waals surface area contributed by atoms with Crippen molar-refractivity contribution >= 4 is 11.9 Å². The summed E-state index contributed by atoms with van der Waals surface area (Å²) in [6.07, 6.45) is 1.66. The number of anilines is 1. The minimum Gasteiger partial charge on any atom is -0.434 e. The molecule has 8 heteroatoms. The second-order valence-electron chi connectivity index (χ2n) is 4.74. The number of amides is 1. The number of rotatable bonds is 4. The van der Waals surface area contributed by atoms with Gasteiger partial charge in [0.2, 0.25) is 5.88 Å². The van der Waals surface area contributed by atoms with E-state index in [1.807, 2.05) is 0 Å². The summed E-state index contributed by atoms with van der Waals surface area (Å²) in [4.78, 5) is 19.5. The number of hydrogen-bond donors (Lipinski definition) is 1. The predicted octanol–water partition coefficient (Wildman–Crippen LogP) is 4.16. The number of nitrogens with one attached hydrogen (secondary N) is 1. The molecule has 25 heavy (non-hydrogen) atoms. The first-order valence-corrected chi connectivity index (χ1v) is 7.09. The van der Waals surface area contributed by atoms with Crippen LogP contribution in [0.3, 0.4) is 0 Å². The standard InChI is InChI=1S/C17H11F2N3O3/c18-11-6-7-14(13(19)8-11)25-16-10-20-15(9-21-16)22-17(23)24-12-4-2-1-3-5-12/h1-10H,(H,20,22,23). The summed E-state index contributed by atoms with van der Waals surface area (Å²) in [5.41, 5.74) is 0. The van der Waals surface area contributed by atoms with Crippen LogP contribution >= 0.6 is 0 Å². The zero-order valence-corrected chi connectivity index (χ0v) is 12.6. The van der Waals surface area contributed by atoms with Crippen LogP contribution in [0.5, 0.6) is 17.4 Å². The SMILES string of the molecule is O=C(Nc1cnc(Oc2ccc(F)cc2F)cn1)Oc1ccccc1. The number of nitrogens with zero attached hydrogens (tertiary/aromatic N) is 2. The summed E-state index contributed by atoms with van der Waals surface area (Å²) in [5, 5.41) is 2.39. The third-order valence-electron chi connectivity index (χ3n) is 2.92. The molecule has 0 aliphatic rings. The number of carbonyl (C=O) groups excluding carboxylic acids is 1. The monoisotopic (exact) mass is 343 g/mol. The van der Waals surface area contributed by atoms with Crippen molar-refractivity contribution in [1.29, 1.82) is 0 Å². The molecule has 3 aromatic rings. The molecule has 2 aromatic carbocycles. The lowest BCUT2D eigenvalue weighted by Crippen LogP contribution is -2.17. The van der Waals surface area contributed by atoms with E-state index in [1.165, 1.54) is 12.4 Å². The van der Waals surface area contributed by atoms with Gasteiger partial charge in [-0.1, -0.05) is 18.2 Å². The number of ether oxygens (including phenoxy) is 2. The molecule has 0 fully saturated rings. The molecule has 0 unspecified atom stereocenters. The molecule has 1 aromatic heterocycles. The lowest BCUT2D eigenvalue weighted by molar-refractivity contribution is 0.215. The van der Waals surface area contributed by atoms with E-state index in [4.69, 9.17) is 9.47 Å². The van der Waals surface area contributed by atoms with E-state index in [1.54, 1.807) is 30.3 Å². The maximum absolute atomic E-state index is 13.5. The van der Waals surface area contributed by atoms with Gasteiger partial charge >= 0.3 is 6.09 Å². The van der Waals surface area contributed by atoms with Crippen LogP contribution in [0.2, 0.25) is 0 Å². The van der Waals surface area contributed by atoms with Crippen molar-refractivity contribution in [3.63, 3.8) is 0 Å². The summed E-state index contributed by atoms with van der Waals surface area (Å²) in [6.45, 7) is 0. The molecule has 0 aliphatic carbocycles. The average Bonchev–Trinajstić information content (AvgIpc) is 2.60. The van der Waals surface area contributed by atoms with Crippen molar-refractivity contribution < 1.29 is 23.0 Å². The van der Waals surface area contributed by atoms with E-state index < -0.39 is 17.7 Å². The van der Waals surface area contributed by atoms with Crippen molar-refractivity contribution in [2.24, 2.45) is 0 Å². The van der Waals surface area contributed by atoms with Gasteiger partial charge in [-0.05, 0) is 24.3 Å². The molecule has 1 heterocycles. The lowest BCUT2D eigenvalue weighted by Gasteiger charge is -2.07. The molecular formula is C17H11F2N3O3. The van der Waals surface area contributed by atoms with Gasteiger partial charge in [0.15, 0.2) is 17.4 Å². The third kappa shape index (κ3) is 4.47. The molecule has 6 nitrogen and oxygen atoms in total. The number of aromatic nitrogens is 2. The largest absolute Gasteiger partial charge is 0.434 e. The Morgan fingerprint density at radius 1 is 1.00 bits per heavy atom. The van der Waals surface area contributed by atoms with Gasteiger partial charge in [-0.3, -0.25) is 5.32 Å². The van der Waals surface area contributed by atoms with Crippen molar-refractivity contribution in [2.75, 3.05) is 5.32 Å². The van der Waals surface area contributed by atoms with E-state index in [-0.39, 0.29) is 17.4 Å². The molecule has 0 aliphatic heterocycles. The first-order chi connectivity index (χ1) is 12.1. The van der Waals surface area contributed by atoms with E-state index in [2.05, 4.69) is 15.3 Å². The Balaban J connectivity index is 1.61. The Bertz CT molecular complexity index is 874. The molecule has 1 N–H and O–H groups in total. The number of benzene rings is 2. The topological polar surface area (TPSA) is 73.3 Å². The molecule has 0 bridgehead atoms. The highest BCUT2D eigenvalue weighted by Gasteiger charge is 2.09. The van der Waals surface area contributed by atoms with E-state index in [0.717, 1.165) is 12.1 Å². The van der Waals surface area contributed by atoms with Crippen LogP contribution in [0.1, 0.15) is 0 Å². The molecule has 0 radical (unpaired) electrons. The first kappa shape index (κ1) is 16.3.